The molecule has 0 aliphatic carbocycles. The molecule has 1 fully saturated rings. The van der Waals surface area contributed by atoms with E-state index in [-0.39, 0.29) is 18.0 Å². The number of pyridine rings is 2. The third-order valence-electron chi connectivity index (χ3n) is 7.27. The van der Waals surface area contributed by atoms with Crippen molar-refractivity contribution in [2.45, 2.75) is 66.5 Å². The van der Waals surface area contributed by atoms with Crippen molar-refractivity contribution in [1.82, 2.24) is 19.8 Å². The Labute approximate surface area is 250 Å². The van der Waals surface area contributed by atoms with E-state index < -0.39 is 0 Å². The van der Waals surface area contributed by atoms with Gasteiger partial charge in [0.05, 0.1) is 24.4 Å². The van der Waals surface area contributed by atoms with Crippen molar-refractivity contribution in [1.29, 1.82) is 5.26 Å². The van der Waals surface area contributed by atoms with Gasteiger partial charge in [0, 0.05) is 66.2 Å². The number of allylic oxidation sites excluding steroid dienone is 5. The first-order chi connectivity index (χ1) is 20.2. The fourth-order valence-electron chi connectivity index (χ4n) is 5.31. The van der Waals surface area contributed by atoms with Crippen molar-refractivity contribution >= 4 is 22.4 Å². The smallest absolute Gasteiger partial charge is 0.222 e. The van der Waals surface area contributed by atoms with Crippen molar-refractivity contribution < 1.29 is 9.53 Å². The van der Waals surface area contributed by atoms with Gasteiger partial charge < -0.3 is 14.5 Å². The first-order valence-corrected chi connectivity index (χ1v) is 14.6. The summed E-state index contributed by atoms with van der Waals surface area (Å²) in [5.41, 5.74) is 5.77. The third-order valence-corrected chi connectivity index (χ3v) is 7.27. The second kappa shape index (κ2) is 15.0. The highest BCUT2D eigenvalue weighted by Crippen LogP contribution is 2.36. The van der Waals surface area contributed by atoms with Crippen LogP contribution in [0.2, 0.25) is 0 Å². The van der Waals surface area contributed by atoms with Crippen LogP contribution in [0.4, 0.5) is 0 Å². The number of rotatable bonds is 7. The lowest BCUT2D eigenvalue weighted by Gasteiger charge is -2.45. The molecule has 1 amide bonds. The Bertz CT molecular complexity index is 1490. The van der Waals surface area contributed by atoms with Crippen LogP contribution >= 0.6 is 0 Å². The highest BCUT2D eigenvalue weighted by atomic mass is 16.5. The molecule has 3 aromatic rings. The van der Waals surface area contributed by atoms with Crippen LogP contribution in [0.25, 0.3) is 27.7 Å². The molecule has 1 aromatic carbocycles. The molecule has 1 aliphatic heterocycles. The monoisotopic (exact) mass is 565 g/mol. The molecule has 0 radical (unpaired) electrons. The molecule has 0 saturated carbocycles. The van der Waals surface area contributed by atoms with Gasteiger partial charge in [-0.05, 0) is 50.6 Å². The lowest BCUT2D eigenvalue weighted by molar-refractivity contribution is -0.138. The summed E-state index contributed by atoms with van der Waals surface area (Å²) in [6, 6.07) is 11.7. The summed E-state index contributed by atoms with van der Waals surface area (Å²) < 4.78 is 5.90. The number of ether oxygens (including phenoxy) is 1. The number of fused-ring (bicyclic) bond motifs is 1. The van der Waals surface area contributed by atoms with Crippen LogP contribution in [-0.4, -0.2) is 58.0 Å². The third kappa shape index (κ3) is 7.06. The summed E-state index contributed by atoms with van der Waals surface area (Å²) in [5.74, 6) is 0.905. The SMILES string of the molecule is C=C/C(=C\C=C(/C)N1CC(C)N(C(=O)CC)C(C)C1)c1cnc2c(-c3ccc(C#N)cc3)nccc2c1OC.CCC. The number of aromatic nitrogens is 2. The average molecular weight is 566 g/mol. The molecule has 0 bridgehead atoms. The van der Waals surface area contributed by atoms with Crippen LogP contribution in [0, 0.1) is 11.3 Å². The molecule has 7 nitrogen and oxygen atoms in total. The van der Waals surface area contributed by atoms with Crippen LogP contribution < -0.4 is 4.74 Å². The van der Waals surface area contributed by atoms with E-state index in [1.807, 2.05) is 36.1 Å². The average Bonchev–Trinajstić information content (AvgIpc) is 3.00. The zero-order valence-corrected chi connectivity index (χ0v) is 26.0. The number of hydrogen-bond donors (Lipinski definition) is 0. The minimum atomic E-state index is 0.149. The fourth-order valence-corrected chi connectivity index (χ4v) is 5.31. The Morgan fingerprint density at radius 1 is 1.10 bits per heavy atom. The molecule has 2 aromatic heterocycles. The maximum Gasteiger partial charge on any atom is 0.222 e. The highest BCUT2D eigenvalue weighted by Gasteiger charge is 2.31. The molecule has 1 saturated heterocycles. The van der Waals surface area contributed by atoms with Gasteiger partial charge in [-0.15, -0.1) is 0 Å². The lowest BCUT2D eigenvalue weighted by Crippen LogP contribution is -2.57. The van der Waals surface area contributed by atoms with Crippen LogP contribution in [0.1, 0.15) is 65.5 Å². The lowest BCUT2D eigenvalue weighted by atomic mass is 10.0. The van der Waals surface area contributed by atoms with Gasteiger partial charge in [-0.2, -0.15) is 5.26 Å². The predicted molar refractivity (Wildman–Crippen MR) is 172 cm³/mol. The zero-order valence-electron chi connectivity index (χ0n) is 26.0. The number of benzene rings is 1. The van der Waals surface area contributed by atoms with Crippen molar-refractivity contribution in [3.63, 3.8) is 0 Å². The molecular weight excluding hydrogens is 522 g/mol. The minimum absolute atomic E-state index is 0.149. The summed E-state index contributed by atoms with van der Waals surface area (Å²) in [7, 11) is 1.65. The Kier molecular flexibility index (Phi) is 11.4. The molecule has 0 spiro atoms. The number of carbonyl (C=O) groups is 1. The predicted octanol–water partition coefficient (Wildman–Crippen LogP) is 7.40. The fraction of sp³-hybridized carbons (Fsp3) is 0.371. The first kappa shape index (κ1) is 32.1. The topological polar surface area (TPSA) is 82.4 Å². The Morgan fingerprint density at radius 2 is 1.74 bits per heavy atom. The summed E-state index contributed by atoms with van der Waals surface area (Å²) in [6.07, 6.45) is 11.3. The van der Waals surface area contributed by atoms with Crippen molar-refractivity contribution in [2.24, 2.45) is 0 Å². The molecule has 7 heteroatoms. The Hall–Kier alpha value is -4.44. The van der Waals surface area contributed by atoms with E-state index in [9.17, 15) is 4.79 Å². The number of piperazine rings is 1. The number of methoxy groups -OCH3 is 1. The number of nitrogens with zero attached hydrogens (tertiary/aromatic N) is 5. The molecule has 0 N–H and O–H groups in total. The largest absolute Gasteiger partial charge is 0.495 e. The van der Waals surface area contributed by atoms with Gasteiger partial charge in [-0.3, -0.25) is 14.8 Å². The molecule has 220 valence electrons. The van der Waals surface area contributed by atoms with Crippen LogP contribution in [0.3, 0.4) is 0 Å². The van der Waals surface area contributed by atoms with Crippen molar-refractivity contribution in [2.75, 3.05) is 20.2 Å². The van der Waals surface area contributed by atoms with Crippen LogP contribution in [-0.2, 0) is 4.79 Å². The minimum Gasteiger partial charge on any atom is -0.495 e. The van der Waals surface area contributed by atoms with Gasteiger partial charge in [0.15, 0.2) is 0 Å². The number of nitriles is 1. The van der Waals surface area contributed by atoms with E-state index in [0.717, 1.165) is 52.1 Å². The second-order valence-electron chi connectivity index (χ2n) is 10.5. The summed E-state index contributed by atoms with van der Waals surface area (Å²) in [6.45, 7) is 18.1. The summed E-state index contributed by atoms with van der Waals surface area (Å²) in [5, 5.41) is 9.98. The number of hydrogen-bond acceptors (Lipinski definition) is 6. The molecular formula is C35H43N5O2. The van der Waals surface area contributed by atoms with Gasteiger partial charge in [0.25, 0.3) is 0 Å². The molecule has 4 rings (SSSR count). The maximum atomic E-state index is 12.4. The number of carbonyl (C=O) groups excluding carboxylic acids is 1. The zero-order chi connectivity index (χ0) is 30.8. The quantitative estimate of drug-likeness (QED) is 0.278. The summed E-state index contributed by atoms with van der Waals surface area (Å²) >= 11 is 0. The van der Waals surface area contributed by atoms with Crippen LogP contribution in [0.5, 0.6) is 5.75 Å². The molecule has 2 atom stereocenters. The van der Waals surface area contributed by atoms with E-state index >= 15 is 0 Å². The molecule has 3 heterocycles. The van der Waals surface area contributed by atoms with Crippen molar-refractivity contribution in [3.05, 3.63) is 84.4 Å². The van der Waals surface area contributed by atoms with Gasteiger partial charge in [0.1, 0.15) is 11.3 Å². The van der Waals surface area contributed by atoms with Gasteiger partial charge in [-0.1, -0.05) is 58.1 Å². The Balaban J connectivity index is 0.00000155. The van der Waals surface area contributed by atoms with E-state index in [0.29, 0.717) is 17.7 Å². The van der Waals surface area contributed by atoms with E-state index in [2.05, 4.69) is 63.2 Å². The van der Waals surface area contributed by atoms with E-state index in [1.165, 1.54) is 6.42 Å². The van der Waals surface area contributed by atoms with Crippen molar-refractivity contribution in [3.8, 4) is 23.1 Å². The maximum absolute atomic E-state index is 12.4. The van der Waals surface area contributed by atoms with E-state index in [1.54, 1.807) is 37.7 Å². The second-order valence-corrected chi connectivity index (χ2v) is 10.5. The normalized spacial score (nSPS) is 17.3. The molecule has 1 aliphatic rings. The molecule has 2 unspecified atom stereocenters. The van der Waals surface area contributed by atoms with Gasteiger partial charge in [0.2, 0.25) is 5.91 Å². The van der Waals surface area contributed by atoms with E-state index in [4.69, 9.17) is 15.0 Å². The number of amides is 1. The van der Waals surface area contributed by atoms with Gasteiger partial charge >= 0.3 is 0 Å². The highest BCUT2D eigenvalue weighted by molar-refractivity contribution is 5.98. The first-order valence-electron chi connectivity index (χ1n) is 14.6. The Morgan fingerprint density at radius 3 is 2.29 bits per heavy atom. The van der Waals surface area contributed by atoms with Gasteiger partial charge in [-0.25, -0.2) is 0 Å². The molecule has 42 heavy (non-hydrogen) atoms. The standard InChI is InChI=1S/C32H35N5O2.C3H8/c1-7-25(12-9-21(3)36-19-22(4)37(23(5)20-36)29(38)8-2)28-18-35-31-27(32(28)39-6)15-16-34-30(31)26-13-10-24(17-33)11-14-26;1-3-2/h7,9-16,18,22-23H,1,8,19-20H2,2-6H3;3H2,1-2H3/b21-9+,25-12+;. The summed E-state index contributed by atoms with van der Waals surface area (Å²) in [4.78, 5) is 26.1. The van der Waals surface area contributed by atoms with Crippen LogP contribution in [0.15, 0.2) is 73.2 Å².